The van der Waals surface area contributed by atoms with E-state index in [0.717, 1.165) is 5.70 Å². The fourth-order valence-corrected chi connectivity index (χ4v) is 2.41. The minimum atomic E-state index is -3.06. The number of dihydropyridines is 1. The second kappa shape index (κ2) is 7.12. The lowest BCUT2D eigenvalue weighted by Crippen LogP contribution is -2.36. The van der Waals surface area contributed by atoms with Gasteiger partial charge in [0.25, 0.3) is 11.8 Å². The molecule has 2 heterocycles. The molecule has 2 rings (SSSR count). The molecule has 0 radical (unpaired) electrons. The van der Waals surface area contributed by atoms with Gasteiger partial charge in [-0.2, -0.15) is 8.78 Å². The summed E-state index contributed by atoms with van der Waals surface area (Å²) < 4.78 is 29.5. The molecular weight excluding hydrogens is 310 g/mol. The number of carbonyl (C=O) groups excluding carboxylic acids is 2. The predicted octanol–water partition coefficient (Wildman–Crippen LogP) is -0.295. The van der Waals surface area contributed by atoms with Gasteiger partial charge in [0.2, 0.25) is 0 Å². The van der Waals surface area contributed by atoms with Gasteiger partial charge in [-0.05, 0) is 24.1 Å². The molecule has 2 aliphatic rings. The fraction of sp³-hybridized carbons (Fsp3) is 0.429. The van der Waals surface area contributed by atoms with Gasteiger partial charge >= 0.3 is 6.43 Å². The molecule has 0 fully saturated rings. The summed E-state index contributed by atoms with van der Waals surface area (Å²) in [5, 5.41) is 10.7. The average molecular weight is 328 g/mol. The maximum absolute atomic E-state index is 12.2. The van der Waals surface area contributed by atoms with E-state index in [9.17, 15) is 18.4 Å². The third-order valence-corrected chi connectivity index (χ3v) is 3.52. The zero-order chi connectivity index (χ0) is 17.0. The van der Waals surface area contributed by atoms with E-state index in [2.05, 4.69) is 21.3 Å². The lowest BCUT2D eigenvalue weighted by atomic mass is 10.0. The van der Waals surface area contributed by atoms with E-state index in [0.29, 0.717) is 17.2 Å². The Morgan fingerprint density at radius 1 is 1.39 bits per heavy atom. The number of rotatable bonds is 6. The predicted molar refractivity (Wildman–Crippen MR) is 78.0 cm³/mol. The molecule has 1 atom stereocenters. The van der Waals surface area contributed by atoms with Crippen molar-refractivity contribution in [3.63, 3.8) is 0 Å². The lowest BCUT2D eigenvalue weighted by molar-refractivity contribution is -0.131. The van der Waals surface area contributed by atoms with Crippen LogP contribution in [0.5, 0.6) is 0 Å². The first kappa shape index (κ1) is 16.8. The van der Waals surface area contributed by atoms with Gasteiger partial charge in [-0.25, -0.2) is 0 Å². The lowest BCUT2D eigenvalue weighted by Gasteiger charge is -2.23. The van der Waals surface area contributed by atoms with Crippen LogP contribution in [0.4, 0.5) is 8.78 Å². The third kappa shape index (κ3) is 3.61. The van der Waals surface area contributed by atoms with Gasteiger partial charge in [-0.1, -0.05) is 0 Å². The Kier molecular flexibility index (Phi) is 5.20. The van der Waals surface area contributed by atoms with E-state index in [1.54, 1.807) is 12.2 Å². The normalized spacial score (nSPS) is 19.3. The molecule has 0 saturated heterocycles. The SMILES string of the molecule is CNC(=O)C1=C(CCNC(=O)C(F)F)C2NC(OC)=CC=C2N1. The monoisotopic (exact) mass is 328 g/mol. The summed E-state index contributed by atoms with van der Waals surface area (Å²) in [4.78, 5) is 22.9. The molecule has 0 saturated carbocycles. The number of methoxy groups -OCH3 is 1. The first-order valence-electron chi connectivity index (χ1n) is 6.98. The molecule has 126 valence electrons. The van der Waals surface area contributed by atoms with Gasteiger partial charge < -0.3 is 26.0 Å². The molecule has 0 aromatic carbocycles. The van der Waals surface area contributed by atoms with Crippen molar-refractivity contribution in [3.05, 3.63) is 35.0 Å². The average Bonchev–Trinajstić information content (AvgIpc) is 2.91. The Balaban J connectivity index is 2.13. The van der Waals surface area contributed by atoms with E-state index in [1.165, 1.54) is 14.2 Å². The number of nitrogens with one attached hydrogen (secondary N) is 4. The first-order chi connectivity index (χ1) is 11.0. The number of amides is 2. The van der Waals surface area contributed by atoms with Gasteiger partial charge in [0, 0.05) is 19.3 Å². The largest absolute Gasteiger partial charge is 0.482 e. The van der Waals surface area contributed by atoms with Crippen LogP contribution in [-0.4, -0.2) is 45.0 Å². The maximum atomic E-state index is 12.2. The van der Waals surface area contributed by atoms with Crippen LogP contribution in [0, 0.1) is 0 Å². The summed E-state index contributed by atoms with van der Waals surface area (Å²) in [5.74, 6) is -1.13. The Bertz CT molecular complexity index is 599. The Morgan fingerprint density at radius 2 is 2.13 bits per heavy atom. The van der Waals surface area contributed by atoms with Crippen molar-refractivity contribution in [3.8, 4) is 0 Å². The number of hydrogen-bond acceptors (Lipinski definition) is 5. The summed E-state index contributed by atoms with van der Waals surface area (Å²) in [6.45, 7) is -0.00181. The molecule has 2 aliphatic heterocycles. The molecule has 23 heavy (non-hydrogen) atoms. The van der Waals surface area contributed by atoms with Crippen molar-refractivity contribution in [2.75, 3.05) is 20.7 Å². The highest BCUT2D eigenvalue weighted by molar-refractivity contribution is 5.95. The minimum Gasteiger partial charge on any atom is -0.482 e. The van der Waals surface area contributed by atoms with Crippen LogP contribution in [0.1, 0.15) is 6.42 Å². The smallest absolute Gasteiger partial charge is 0.315 e. The maximum Gasteiger partial charge on any atom is 0.315 e. The number of hydrogen-bond donors (Lipinski definition) is 4. The number of likely N-dealkylation sites (N-methyl/N-ethyl adjacent to an activating group) is 1. The van der Waals surface area contributed by atoms with Crippen LogP contribution in [0.2, 0.25) is 0 Å². The van der Waals surface area contributed by atoms with Gasteiger partial charge in [0.1, 0.15) is 5.70 Å². The fourth-order valence-electron chi connectivity index (χ4n) is 2.41. The standard InChI is InChI=1S/C14H18F2N4O3/c1-17-13(21)11-7(5-6-18-14(22)12(15)16)10-8(19-11)3-4-9(20-10)23-2/h3-4,10,12,19-20H,5-6H2,1-2H3,(H,17,21)(H,18,22). The summed E-state index contributed by atoms with van der Waals surface area (Å²) in [6.07, 6.45) is 0.658. The second-order valence-corrected chi connectivity index (χ2v) is 4.88. The van der Waals surface area contributed by atoms with Gasteiger partial charge in [-0.3, -0.25) is 9.59 Å². The van der Waals surface area contributed by atoms with Crippen molar-refractivity contribution in [2.45, 2.75) is 18.9 Å². The minimum absolute atomic E-state index is 0.00181. The number of carbonyl (C=O) groups is 2. The third-order valence-electron chi connectivity index (χ3n) is 3.52. The summed E-state index contributed by atoms with van der Waals surface area (Å²) in [7, 11) is 3.00. The highest BCUT2D eigenvalue weighted by atomic mass is 19.3. The highest BCUT2D eigenvalue weighted by Gasteiger charge is 2.34. The summed E-state index contributed by atoms with van der Waals surface area (Å²) in [6, 6.07) is -0.328. The molecule has 4 N–H and O–H groups in total. The molecule has 0 aromatic heterocycles. The molecule has 0 aromatic rings. The van der Waals surface area contributed by atoms with Crippen molar-refractivity contribution >= 4 is 11.8 Å². The van der Waals surface area contributed by atoms with Crippen molar-refractivity contribution < 1.29 is 23.1 Å². The number of alkyl halides is 2. The molecular formula is C14H18F2N4O3. The van der Waals surface area contributed by atoms with Crippen LogP contribution in [0.15, 0.2) is 35.0 Å². The number of ether oxygens (including phenoxy) is 1. The van der Waals surface area contributed by atoms with Crippen molar-refractivity contribution in [1.82, 2.24) is 21.3 Å². The van der Waals surface area contributed by atoms with Gasteiger partial charge in [0.05, 0.1) is 13.2 Å². The van der Waals surface area contributed by atoms with Gasteiger partial charge in [-0.15, -0.1) is 0 Å². The first-order valence-corrected chi connectivity index (χ1v) is 6.98. The Hall–Kier alpha value is -2.58. The van der Waals surface area contributed by atoms with E-state index >= 15 is 0 Å². The van der Waals surface area contributed by atoms with Crippen LogP contribution in [0.3, 0.4) is 0 Å². The van der Waals surface area contributed by atoms with E-state index in [1.807, 2.05) is 0 Å². The van der Waals surface area contributed by atoms with Crippen LogP contribution in [0.25, 0.3) is 0 Å². The molecule has 0 aliphatic carbocycles. The molecule has 0 spiro atoms. The van der Waals surface area contributed by atoms with Gasteiger partial charge in [0.15, 0.2) is 5.88 Å². The topological polar surface area (TPSA) is 91.5 Å². The van der Waals surface area contributed by atoms with E-state index < -0.39 is 12.3 Å². The van der Waals surface area contributed by atoms with Crippen molar-refractivity contribution in [2.24, 2.45) is 0 Å². The van der Waals surface area contributed by atoms with Crippen LogP contribution in [-0.2, 0) is 14.3 Å². The summed E-state index contributed by atoms with van der Waals surface area (Å²) in [5.41, 5.74) is 1.75. The molecule has 7 nitrogen and oxygen atoms in total. The van der Waals surface area contributed by atoms with Crippen LogP contribution < -0.4 is 21.3 Å². The molecule has 2 amide bonds. The number of allylic oxidation sites excluding steroid dienone is 2. The van der Waals surface area contributed by atoms with Crippen molar-refractivity contribution in [1.29, 1.82) is 0 Å². The molecule has 9 heteroatoms. The number of fused-ring (bicyclic) bond motifs is 1. The quantitative estimate of drug-likeness (QED) is 0.538. The highest BCUT2D eigenvalue weighted by Crippen LogP contribution is 2.28. The Morgan fingerprint density at radius 3 is 2.74 bits per heavy atom. The summed E-state index contributed by atoms with van der Waals surface area (Å²) >= 11 is 0. The molecule has 1 unspecified atom stereocenters. The Labute approximate surface area is 131 Å². The van der Waals surface area contributed by atoms with Crippen LogP contribution >= 0.6 is 0 Å². The van der Waals surface area contributed by atoms with E-state index in [4.69, 9.17) is 4.74 Å². The number of halogens is 2. The zero-order valence-electron chi connectivity index (χ0n) is 12.7. The van der Waals surface area contributed by atoms with E-state index in [-0.39, 0.29) is 24.9 Å². The zero-order valence-corrected chi connectivity index (χ0v) is 12.7. The second-order valence-electron chi connectivity index (χ2n) is 4.88. The molecule has 0 bridgehead atoms.